The van der Waals surface area contributed by atoms with Crippen molar-refractivity contribution in [3.63, 3.8) is 0 Å². The van der Waals surface area contributed by atoms with Crippen molar-refractivity contribution in [1.29, 1.82) is 0 Å². The zero-order valence-corrected chi connectivity index (χ0v) is 18.2. The van der Waals surface area contributed by atoms with E-state index in [1.807, 2.05) is 45.0 Å². The van der Waals surface area contributed by atoms with E-state index in [0.717, 1.165) is 12.0 Å². The molecule has 2 amide bonds. The van der Waals surface area contributed by atoms with Crippen molar-refractivity contribution in [3.8, 4) is 5.75 Å². The SMILES string of the molecule is CCc1ccc(OCC(=O)N(Cc2ccc(F)cc2)C(CC)C(=O)NC(C)C)cc1. The lowest BCUT2D eigenvalue weighted by Gasteiger charge is -2.31. The fourth-order valence-corrected chi connectivity index (χ4v) is 3.14. The van der Waals surface area contributed by atoms with Gasteiger partial charge in [-0.15, -0.1) is 0 Å². The summed E-state index contributed by atoms with van der Waals surface area (Å²) >= 11 is 0. The van der Waals surface area contributed by atoms with Crippen molar-refractivity contribution in [2.24, 2.45) is 0 Å². The van der Waals surface area contributed by atoms with Gasteiger partial charge in [0.25, 0.3) is 5.91 Å². The summed E-state index contributed by atoms with van der Waals surface area (Å²) in [7, 11) is 0. The zero-order valence-electron chi connectivity index (χ0n) is 18.2. The second-order valence-electron chi connectivity index (χ2n) is 7.52. The number of halogens is 1. The van der Waals surface area contributed by atoms with Gasteiger partial charge in [0.15, 0.2) is 6.61 Å². The molecule has 0 heterocycles. The minimum absolute atomic E-state index is 0.0392. The van der Waals surface area contributed by atoms with Crippen molar-refractivity contribution in [2.75, 3.05) is 6.61 Å². The number of carbonyl (C=O) groups excluding carboxylic acids is 2. The molecule has 2 aromatic carbocycles. The number of benzene rings is 2. The van der Waals surface area contributed by atoms with Crippen molar-refractivity contribution in [1.82, 2.24) is 10.2 Å². The van der Waals surface area contributed by atoms with Crippen LogP contribution in [0.2, 0.25) is 0 Å². The summed E-state index contributed by atoms with van der Waals surface area (Å²) in [6.45, 7) is 7.69. The number of carbonyl (C=O) groups is 2. The van der Waals surface area contributed by atoms with Crippen LogP contribution < -0.4 is 10.1 Å². The minimum Gasteiger partial charge on any atom is -0.484 e. The molecule has 6 heteroatoms. The average molecular weight is 415 g/mol. The molecule has 2 aromatic rings. The highest BCUT2D eigenvalue weighted by atomic mass is 19.1. The van der Waals surface area contributed by atoms with Crippen LogP contribution in [0.4, 0.5) is 4.39 Å². The molecule has 0 aromatic heterocycles. The number of nitrogens with one attached hydrogen (secondary N) is 1. The summed E-state index contributed by atoms with van der Waals surface area (Å²) in [5.74, 6) is -0.262. The maximum absolute atomic E-state index is 13.3. The maximum Gasteiger partial charge on any atom is 0.261 e. The number of nitrogens with zero attached hydrogens (tertiary/aromatic N) is 1. The van der Waals surface area contributed by atoms with E-state index in [9.17, 15) is 14.0 Å². The van der Waals surface area contributed by atoms with Gasteiger partial charge in [-0.25, -0.2) is 4.39 Å². The predicted molar refractivity (Wildman–Crippen MR) is 116 cm³/mol. The third-order valence-corrected chi connectivity index (χ3v) is 4.78. The van der Waals surface area contributed by atoms with E-state index in [1.54, 1.807) is 12.1 Å². The first-order valence-corrected chi connectivity index (χ1v) is 10.4. The maximum atomic E-state index is 13.3. The van der Waals surface area contributed by atoms with Gasteiger partial charge in [0, 0.05) is 12.6 Å². The third kappa shape index (κ3) is 6.87. The Morgan fingerprint density at radius 1 is 1.00 bits per heavy atom. The third-order valence-electron chi connectivity index (χ3n) is 4.78. The molecule has 0 radical (unpaired) electrons. The van der Waals surface area contributed by atoms with Gasteiger partial charge in [-0.2, -0.15) is 0 Å². The number of rotatable bonds is 10. The van der Waals surface area contributed by atoms with Crippen LogP contribution in [-0.4, -0.2) is 35.4 Å². The summed E-state index contributed by atoms with van der Waals surface area (Å²) in [6, 6.07) is 12.8. The molecule has 30 heavy (non-hydrogen) atoms. The van der Waals surface area contributed by atoms with Gasteiger partial charge in [0.1, 0.15) is 17.6 Å². The molecule has 0 aliphatic carbocycles. The van der Waals surface area contributed by atoms with Crippen LogP contribution in [0.3, 0.4) is 0 Å². The molecule has 0 saturated heterocycles. The molecule has 0 aliphatic rings. The van der Waals surface area contributed by atoms with E-state index in [4.69, 9.17) is 4.74 Å². The van der Waals surface area contributed by atoms with Gasteiger partial charge in [0.2, 0.25) is 5.91 Å². The fraction of sp³-hybridized carbons (Fsp3) is 0.417. The second-order valence-corrected chi connectivity index (χ2v) is 7.52. The fourth-order valence-electron chi connectivity index (χ4n) is 3.14. The molecule has 0 saturated carbocycles. The van der Waals surface area contributed by atoms with Crippen molar-refractivity contribution in [2.45, 2.75) is 59.2 Å². The molecule has 1 unspecified atom stereocenters. The van der Waals surface area contributed by atoms with E-state index in [2.05, 4.69) is 12.2 Å². The van der Waals surface area contributed by atoms with E-state index in [1.165, 1.54) is 22.6 Å². The molecule has 5 nitrogen and oxygen atoms in total. The lowest BCUT2D eigenvalue weighted by molar-refractivity contribution is -0.143. The van der Waals surface area contributed by atoms with Gasteiger partial charge in [0.05, 0.1) is 0 Å². The van der Waals surface area contributed by atoms with Gasteiger partial charge in [-0.05, 0) is 62.1 Å². The Labute approximate surface area is 178 Å². The first-order chi connectivity index (χ1) is 14.3. The second kappa shape index (κ2) is 11.3. The molecule has 0 spiro atoms. The molecule has 162 valence electrons. The monoisotopic (exact) mass is 414 g/mol. The normalized spacial score (nSPS) is 11.8. The van der Waals surface area contributed by atoms with Gasteiger partial charge < -0.3 is 15.0 Å². The highest BCUT2D eigenvalue weighted by Crippen LogP contribution is 2.16. The van der Waals surface area contributed by atoms with E-state index >= 15 is 0 Å². The number of hydrogen-bond acceptors (Lipinski definition) is 3. The standard InChI is InChI=1S/C24H31FN2O3/c1-5-18-9-13-21(14-10-18)30-16-23(28)27(15-19-7-11-20(25)12-8-19)22(6-2)24(29)26-17(3)4/h7-14,17,22H,5-6,15-16H2,1-4H3,(H,26,29). The number of aryl methyl sites for hydroxylation is 1. The largest absolute Gasteiger partial charge is 0.484 e. The molecule has 0 aliphatic heterocycles. The smallest absolute Gasteiger partial charge is 0.261 e. The molecule has 1 atom stereocenters. The number of amides is 2. The zero-order chi connectivity index (χ0) is 22.1. The summed E-state index contributed by atoms with van der Waals surface area (Å²) in [5, 5.41) is 2.88. The Morgan fingerprint density at radius 3 is 2.13 bits per heavy atom. The van der Waals surface area contributed by atoms with Crippen LogP contribution in [0.25, 0.3) is 0 Å². The van der Waals surface area contributed by atoms with Crippen LogP contribution in [0, 0.1) is 5.82 Å². The number of hydrogen-bond donors (Lipinski definition) is 1. The van der Waals surface area contributed by atoms with Crippen molar-refractivity contribution < 1.29 is 18.7 Å². The molecule has 0 fully saturated rings. The Balaban J connectivity index is 2.17. The highest BCUT2D eigenvalue weighted by molar-refractivity contribution is 5.88. The molecule has 1 N–H and O–H groups in total. The highest BCUT2D eigenvalue weighted by Gasteiger charge is 2.29. The predicted octanol–water partition coefficient (Wildman–Crippen LogP) is 4.10. The Morgan fingerprint density at radius 2 is 1.60 bits per heavy atom. The van der Waals surface area contributed by atoms with Gasteiger partial charge >= 0.3 is 0 Å². The topological polar surface area (TPSA) is 58.6 Å². The lowest BCUT2D eigenvalue weighted by Crippen LogP contribution is -2.51. The van der Waals surface area contributed by atoms with E-state index in [-0.39, 0.29) is 36.8 Å². The minimum atomic E-state index is -0.643. The molecule has 2 rings (SSSR count). The summed E-state index contributed by atoms with van der Waals surface area (Å²) in [5.41, 5.74) is 1.93. The first-order valence-electron chi connectivity index (χ1n) is 10.4. The van der Waals surface area contributed by atoms with Crippen molar-refractivity contribution >= 4 is 11.8 Å². The lowest BCUT2D eigenvalue weighted by atomic mass is 10.1. The Kier molecular flexibility index (Phi) is 8.84. The summed E-state index contributed by atoms with van der Waals surface area (Å²) in [4.78, 5) is 27.3. The summed E-state index contributed by atoms with van der Waals surface area (Å²) in [6.07, 6.45) is 1.38. The van der Waals surface area contributed by atoms with E-state index in [0.29, 0.717) is 12.2 Å². The Bertz CT molecular complexity index is 819. The summed E-state index contributed by atoms with van der Waals surface area (Å²) < 4.78 is 19.0. The molecule has 0 bridgehead atoms. The van der Waals surface area contributed by atoms with Crippen LogP contribution in [0.5, 0.6) is 5.75 Å². The van der Waals surface area contributed by atoms with Gasteiger partial charge in [-0.1, -0.05) is 38.1 Å². The van der Waals surface area contributed by atoms with Crippen LogP contribution in [0.1, 0.15) is 45.2 Å². The van der Waals surface area contributed by atoms with E-state index < -0.39 is 6.04 Å². The first kappa shape index (κ1) is 23.4. The molecular weight excluding hydrogens is 383 g/mol. The van der Waals surface area contributed by atoms with Crippen LogP contribution >= 0.6 is 0 Å². The average Bonchev–Trinajstić information content (AvgIpc) is 2.73. The van der Waals surface area contributed by atoms with Crippen LogP contribution in [-0.2, 0) is 22.6 Å². The van der Waals surface area contributed by atoms with Crippen LogP contribution in [0.15, 0.2) is 48.5 Å². The van der Waals surface area contributed by atoms with Crippen molar-refractivity contribution in [3.05, 3.63) is 65.5 Å². The molecular formula is C24H31FN2O3. The quantitative estimate of drug-likeness (QED) is 0.637. The number of ether oxygens (including phenoxy) is 1. The van der Waals surface area contributed by atoms with Gasteiger partial charge in [-0.3, -0.25) is 9.59 Å². The Hall–Kier alpha value is -2.89.